The third-order valence-electron chi connectivity index (χ3n) is 4.47. The number of hydrogen-bond donors (Lipinski definition) is 3. The zero-order valence-corrected chi connectivity index (χ0v) is 14.7. The van der Waals surface area contributed by atoms with Gasteiger partial charge >= 0.3 is 6.03 Å². The van der Waals surface area contributed by atoms with Gasteiger partial charge in [0.25, 0.3) is 17.7 Å². The first-order valence-electron chi connectivity index (χ1n) is 8.92. The molecule has 5 amide bonds. The molecule has 8 heteroatoms. The van der Waals surface area contributed by atoms with Crippen LogP contribution in [0, 0.1) is 0 Å². The summed E-state index contributed by atoms with van der Waals surface area (Å²) in [4.78, 5) is 46.4. The molecule has 1 saturated carbocycles. The first-order valence-corrected chi connectivity index (χ1v) is 8.92. The third-order valence-corrected chi connectivity index (χ3v) is 4.47. The first kappa shape index (κ1) is 18.6. The minimum Gasteiger partial charge on any atom is -0.484 e. The fourth-order valence-corrected chi connectivity index (χ4v) is 3.10. The molecule has 0 atom stereocenters. The van der Waals surface area contributed by atoms with Crippen LogP contribution in [-0.4, -0.2) is 36.4 Å². The molecule has 0 bridgehead atoms. The summed E-state index contributed by atoms with van der Waals surface area (Å²) < 4.78 is 5.47. The molecular formula is C19H21N3O5. The Hall–Kier alpha value is -3.16. The van der Waals surface area contributed by atoms with Crippen molar-refractivity contribution in [3.05, 3.63) is 35.4 Å². The van der Waals surface area contributed by atoms with Gasteiger partial charge in [0.15, 0.2) is 6.61 Å². The molecule has 27 heavy (non-hydrogen) atoms. The summed E-state index contributed by atoms with van der Waals surface area (Å²) in [6.45, 7) is -0.0656. The average Bonchev–Trinajstić information content (AvgIpc) is 2.65. The summed E-state index contributed by atoms with van der Waals surface area (Å²) in [6, 6.07) is 5.99. The lowest BCUT2D eigenvalue weighted by atomic mass is 9.95. The van der Waals surface area contributed by atoms with E-state index >= 15 is 0 Å². The fourth-order valence-electron chi connectivity index (χ4n) is 3.10. The van der Waals surface area contributed by atoms with Crippen molar-refractivity contribution in [3.63, 3.8) is 0 Å². The molecule has 0 spiro atoms. The third kappa shape index (κ3) is 5.16. The SMILES string of the molecule is O=C(COc1ccc(C=C2C(=O)NC(=O)NC2=O)cc1)NC1CCCCC1. The molecule has 1 aliphatic carbocycles. The number of carbonyl (C=O) groups excluding carboxylic acids is 4. The summed E-state index contributed by atoms with van der Waals surface area (Å²) in [5.74, 6) is -1.14. The maximum atomic E-state index is 12.0. The molecular weight excluding hydrogens is 350 g/mol. The van der Waals surface area contributed by atoms with Crippen LogP contribution in [0.3, 0.4) is 0 Å². The van der Waals surface area contributed by atoms with Crippen molar-refractivity contribution in [2.75, 3.05) is 6.61 Å². The number of imide groups is 2. The molecule has 3 rings (SSSR count). The van der Waals surface area contributed by atoms with Crippen LogP contribution >= 0.6 is 0 Å². The number of nitrogens with one attached hydrogen (secondary N) is 3. The van der Waals surface area contributed by atoms with Gasteiger partial charge in [-0.25, -0.2) is 4.79 Å². The normalized spacial score (nSPS) is 17.8. The van der Waals surface area contributed by atoms with Crippen molar-refractivity contribution >= 4 is 29.8 Å². The Morgan fingerprint density at radius 3 is 2.30 bits per heavy atom. The molecule has 0 aromatic heterocycles. The Morgan fingerprint density at radius 2 is 1.67 bits per heavy atom. The van der Waals surface area contributed by atoms with Crippen LogP contribution in [0.1, 0.15) is 37.7 Å². The van der Waals surface area contributed by atoms with Gasteiger partial charge in [-0.15, -0.1) is 0 Å². The Balaban J connectivity index is 1.53. The number of rotatable bonds is 5. The monoisotopic (exact) mass is 371 g/mol. The molecule has 1 saturated heterocycles. The van der Waals surface area contributed by atoms with Gasteiger partial charge in [-0.1, -0.05) is 31.4 Å². The predicted octanol–water partition coefficient (Wildman–Crippen LogP) is 1.26. The van der Waals surface area contributed by atoms with Crippen LogP contribution in [-0.2, 0) is 14.4 Å². The van der Waals surface area contributed by atoms with E-state index < -0.39 is 17.8 Å². The minimum atomic E-state index is -0.836. The number of carbonyl (C=O) groups is 4. The minimum absolute atomic E-state index is 0.0656. The molecule has 1 aromatic carbocycles. The van der Waals surface area contributed by atoms with Gasteiger partial charge in [-0.05, 0) is 36.6 Å². The van der Waals surface area contributed by atoms with Gasteiger partial charge < -0.3 is 10.1 Å². The van der Waals surface area contributed by atoms with Gasteiger partial charge in [0.1, 0.15) is 11.3 Å². The Labute approximate surface area is 156 Å². The van der Waals surface area contributed by atoms with E-state index in [-0.39, 0.29) is 24.1 Å². The molecule has 1 aliphatic heterocycles. The number of amides is 5. The van der Waals surface area contributed by atoms with Crippen LogP contribution < -0.4 is 20.7 Å². The van der Waals surface area contributed by atoms with Crippen molar-refractivity contribution in [1.29, 1.82) is 0 Å². The maximum absolute atomic E-state index is 12.0. The van der Waals surface area contributed by atoms with Gasteiger partial charge in [-0.3, -0.25) is 25.0 Å². The number of urea groups is 1. The van der Waals surface area contributed by atoms with Gasteiger partial charge in [-0.2, -0.15) is 0 Å². The molecule has 2 fully saturated rings. The maximum Gasteiger partial charge on any atom is 0.328 e. The smallest absolute Gasteiger partial charge is 0.328 e. The molecule has 1 aromatic rings. The molecule has 142 valence electrons. The van der Waals surface area contributed by atoms with Crippen molar-refractivity contribution < 1.29 is 23.9 Å². The number of benzene rings is 1. The molecule has 1 heterocycles. The van der Waals surface area contributed by atoms with Crippen LogP contribution in [0.5, 0.6) is 5.75 Å². The number of barbiturate groups is 1. The highest BCUT2D eigenvalue weighted by molar-refractivity contribution is 6.31. The zero-order chi connectivity index (χ0) is 19.2. The van der Waals surface area contributed by atoms with Crippen LogP contribution in [0.4, 0.5) is 4.79 Å². The Kier molecular flexibility index (Phi) is 5.85. The zero-order valence-electron chi connectivity index (χ0n) is 14.7. The first-order chi connectivity index (χ1) is 13.0. The molecule has 3 N–H and O–H groups in total. The van der Waals surface area contributed by atoms with Crippen LogP contribution in [0.25, 0.3) is 6.08 Å². The molecule has 0 radical (unpaired) electrons. The Morgan fingerprint density at radius 1 is 1.04 bits per heavy atom. The quantitative estimate of drug-likeness (QED) is 0.533. The fraction of sp³-hybridized carbons (Fsp3) is 0.368. The highest BCUT2D eigenvalue weighted by Gasteiger charge is 2.27. The largest absolute Gasteiger partial charge is 0.484 e. The van der Waals surface area contributed by atoms with Crippen molar-refractivity contribution in [2.45, 2.75) is 38.1 Å². The van der Waals surface area contributed by atoms with Gasteiger partial charge in [0.2, 0.25) is 0 Å². The van der Waals surface area contributed by atoms with Gasteiger partial charge in [0.05, 0.1) is 0 Å². The second-order valence-electron chi connectivity index (χ2n) is 6.56. The summed E-state index contributed by atoms with van der Waals surface area (Å²) in [5.41, 5.74) is 0.429. The molecule has 2 aliphatic rings. The summed E-state index contributed by atoms with van der Waals surface area (Å²) in [7, 11) is 0. The van der Waals surface area contributed by atoms with Crippen LogP contribution in [0.2, 0.25) is 0 Å². The molecule has 8 nitrogen and oxygen atoms in total. The standard InChI is InChI=1S/C19H21N3O5/c23-16(20-13-4-2-1-3-5-13)11-27-14-8-6-12(7-9-14)10-15-17(24)21-19(26)22-18(15)25/h6-10,13H,1-5,11H2,(H,20,23)(H2,21,22,24,25,26). The second kappa shape index (κ2) is 8.48. The highest BCUT2D eigenvalue weighted by Crippen LogP contribution is 2.18. The molecule has 0 unspecified atom stereocenters. The highest BCUT2D eigenvalue weighted by atomic mass is 16.5. The number of hydrogen-bond acceptors (Lipinski definition) is 5. The Bertz CT molecular complexity index is 757. The average molecular weight is 371 g/mol. The summed E-state index contributed by atoms with van der Waals surface area (Å²) in [5, 5.41) is 7.00. The van der Waals surface area contributed by atoms with E-state index in [1.54, 1.807) is 24.3 Å². The van der Waals surface area contributed by atoms with E-state index in [9.17, 15) is 19.2 Å². The summed E-state index contributed by atoms with van der Waals surface area (Å²) >= 11 is 0. The lowest BCUT2D eigenvalue weighted by molar-refractivity contribution is -0.125. The van der Waals surface area contributed by atoms with E-state index in [0.29, 0.717) is 11.3 Å². The van der Waals surface area contributed by atoms with E-state index in [1.165, 1.54) is 12.5 Å². The predicted molar refractivity (Wildman–Crippen MR) is 96.6 cm³/mol. The van der Waals surface area contributed by atoms with E-state index in [4.69, 9.17) is 4.74 Å². The van der Waals surface area contributed by atoms with Crippen LogP contribution in [0.15, 0.2) is 29.8 Å². The topological polar surface area (TPSA) is 114 Å². The number of ether oxygens (including phenoxy) is 1. The lowest BCUT2D eigenvalue weighted by Crippen LogP contribution is -2.51. The van der Waals surface area contributed by atoms with E-state index in [2.05, 4.69) is 5.32 Å². The van der Waals surface area contributed by atoms with Gasteiger partial charge in [0, 0.05) is 6.04 Å². The lowest BCUT2D eigenvalue weighted by Gasteiger charge is -2.22. The van der Waals surface area contributed by atoms with Crippen molar-refractivity contribution in [1.82, 2.24) is 16.0 Å². The van der Waals surface area contributed by atoms with Crippen molar-refractivity contribution in [2.24, 2.45) is 0 Å². The second-order valence-corrected chi connectivity index (χ2v) is 6.56. The summed E-state index contributed by atoms with van der Waals surface area (Å²) in [6.07, 6.45) is 6.92. The van der Waals surface area contributed by atoms with E-state index in [0.717, 1.165) is 25.7 Å². The van der Waals surface area contributed by atoms with E-state index in [1.807, 2.05) is 10.6 Å². The van der Waals surface area contributed by atoms with Crippen molar-refractivity contribution in [3.8, 4) is 5.75 Å².